The van der Waals surface area contributed by atoms with Crippen molar-refractivity contribution >= 4 is 10.0 Å². The van der Waals surface area contributed by atoms with Crippen molar-refractivity contribution in [1.29, 1.82) is 0 Å². The van der Waals surface area contributed by atoms with Gasteiger partial charge in [0, 0.05) is 11.6 Å². The SMILES string of the molecule is O=S(=O)(NC1CC1)c1ccccc1-c1ccco1. The van der Waals surface area contributed by atoms with Crippen molar-refractivity contribution in [3.8, 4) is 11.3 Å². The van der Waals surface area contributed by atoms with Gasteiger partial charge in [0.15, 0.2) is 0 Å². The van der Waals surface area contributed by atoms with Crippen LogP contribution in [0.4, 0.5) is 0 Å². The molecule has 0 unspecified atom stereocenters. The molecule has 4 nitrogen and oxygen atoms in total. The van der Waals surface area contributed by atoms with Gasteiger partial charge in [0.2, 0.25) is 10.0 Å². The Labute approximate surface area is 106 Å². The predicted octanol–water partition coefficient (Wildman–Crippen LogP) is 2.39. The first kappa shape index (κ1) is 11.5. The Kier molecular flexibility index (Phi) is 2.72. The molecule has 1 N–H and O–H groups in total. The lowest BCUT2D eigenvalue weighted by molar-refractivity contribution is 0.572. The van der Waals surface area contributed by atoms with E-state index < -0.39 is 10.0 Å². The van der Waals surface area contributed by atoms with Gasteiger partial charge in [-0.3, -0.25) is 0 Å². The Bertz CT molecular complexity index is 643. The van der Waals surface area contributed by atoms with E-state index in [4.69, 9.17) is 4.42 Å². The molecule has 1 saturated carbocycles. The quantitative estimate of drug-likeness (QED) is 0.921. The molecular formula is C13H13NO3S. The smallest absolute Gasteiger partial charge is 0.241 e. The van der Waals surface area contributed by atoms with Crippen LogP contribution < -0.4 is 4.72 Å². The van der Waals surface area contributed by atoms with E-state index in [1.807, 2.05) is 0 Å². The third-order valence-corrected chi connectivity index (χ3v) is 4.44. The van der Waals surface area contributed by atoms with Crippen molar-refractivity contribution in [2.75, 3.05) is 0 Å². The summed E-state index contributed by atoms with van der Waals surface area (Å²) in [6.07, 6.45) is 3.37. The number of furan rings is 1. The van der Waals surface area contributed by atoms with Crippen LogP contribution >= 0.6 is 0 Å². The zero-order chi connectivity index (χ0) is 12.6. The van der Waals surface area contributed by atoms with E-state index in [1.54, 1.807) is 36.4 Å². The number of hydrogen-bond donors (Lipinski definition) is 1. The molecule has 0 aliphatic heterocycles. The third-order valence-electron chi connectivity index (χ3n) is 2.86. The summed E-state index contributed by atoms with van der Waals surface area (Å²) in [5.41, 5.74) is 0.593. The zero-order valence-corrected chi connectivity index (χ0v) is 10.5. The predicted molar refractivity (Wildman–Crippen MR) is 67.5 cm³/mol. The lowest BCUT2D eigenvalue weighted by Crippen LogP contribution is -2.26. The summed E-state index contributed by atoms with van der Waals surface area (Å²) in [7, 11) is -3.46. The van der Waals surface area contributed by atoms with Gasteiger partial charge in [0.25, 0.3) is 0 Å². The fourth-order valence-electron chi connectivity index (χ4n) is 1.82. The van der Waals surface area contributed by atoms with E-state index in [-0.39, 0.29) is 10.9 Å². The number of hydrogen-bond acceptors (Lipinski definition) is 3. The molecule has 2 aromatic rings. The maximum Gasteiger partial charge on any atom is 0.241 e. The highest BCUT2D eigenvalue weighted by molar-refractivity contribution is 7.89. The maximum absolute atomic E-state index is 12.2. The van der Waals surface area contributed by atoms with Crippen LogP contribution in [0.25, 0.3) is 11.3 Å². The second-order valence-electron chi connectivity index (χ2n) is 4.37. The topological polar surface area (TPSA) is 59.3 Å². The standard InChI is InChI=1S/C13H13NO3S/c15-18(16,14-10-7-8-10)13-6-2-1-4-11(13)12-5-3-9-17-12/h1-6,9-10,14H,7-8H2. The van der Waals surface area contributed by atoms with Crippen LogP contribution in [-0.2, 0) is 10.0 Å². The summed E-state index contributed by atoms with van der Waals surface area (Å²) in [4.78, 5) is 0.270. The van der Waals surface area contributed by atoms with E-state index in [0.29, 0.717) is 11.3 Å². The van der Waals surface area contributed by atoms with Gasteiger partial charge in [-0.1, -0.05) is 12.1 Å². The second-order valence-corrected chi connectivity index (χ2v) is 6.05. The zero-order valence-electron chi connectivity index (χ0n) is 9.67. The molecule has 1 aromatic heterocycles. The molecule has 94 valence electrons. The van der Waals surface area contributed by atoms with E-state index in [9.17, 15) is 8.42 Å². The largest absolute Gasteiger partial charge is 0.464 e. The molecule has 0 spiro atoms. The van der Waals surface area contributed by atoms with E-state index in [1.165, 1.54) is 6.26 Å². The molecule has 1 aliphatic carbocycles. The van der Waals surface area contributed by atoms with E-state index in [0.717, 1.165) is 12.8 Å². The highest BCUT2D eigenvalue weighted by atomic mass is 32.2. The van der Waals surface area contributed by atoms with Crippen molar-refractivity contribution in [2.45, 2.75) is 23.8 Å². The minimum atomic E-state index is -3.46. The summed E-state index contributed by atoms with van der Waals surface area (Å²) in [5.74, 6) is 0.562. The molecule has 1 heterocycles. The van der Waals surface area contributed by atoms with Gasteiger partial charge in [0.1, 0.15) is 5.76 Å². The van der Waals surface area contributed by atoms with Crippen molar-refractivity contribution < 1.29 is 12.8 Å². The molecule has 5 heteroatoms. The van der Waals surface area contributed by atoms with Crippen LogP contribution in [0, 0.1) is 0 Å². The Morgan fingerprint density at radius 3 is 2.56 bits per heavy atom. The molecule has 3 rings (SSSR count). The van der Waals surface area contributed by atoms with Gasteiger partial charge in [0.05, 0.1) is 11.2 Å². The van der Waals surface area contributed by atoms with Gasteiger partial charge >= 0.3 is 0 Å². The number of nitrogens with one attached hydrogen (secondary N) is 1. The van der Waals surface area contributed by atoms with Crippen molar-refractivity contribution in [2.24, 2.45) is 0 Å². The van der Waals surface area contributed by atoms with Gasteiger partial charge in [-0.2, -0.15) is 0 Å². The molecule has 0 atom stereocenters. The van der Waals surface area contributed by atoms with Crippen LogP contribution in [0.3, 0.4) is 0 Å². The van der Waals surface area contributed by atoms with Crippen LogP contribution in [0.1, 0.15) is 12.8 Å². The van der Waals surface area contributed by atoms with Crippen LogP contribution in [0.2, 0.25) is 0 Å². The van der Waals surface area contributed by atoms with Crippen molar-refractivity contribution in [1.82, 2.24) is 4.72 Å². The average Bonchev–Trinajstić information content (AvgIpc) is 2.98. The van der Waals surface area contributed by atoms with Crippen molar-refractivity contribution in [3.63, 3.8) is 0 Å². The fourth-order valence-corrected chi connectivity index (χ4v) is 3.34. The molecular weight excluding hydrogens is 250 g/mol. The summed E-state index contributed by atoms with van der Waals surface area (Å²) >= 11 is 0. The Hall–Kier alpha value is -1.59. The van der Waals surface area contributed by atoms with E-state index in [2.05, 4.69) is 4.72 Å². The molecule has 1 aromatic carbocycles. The molecule has 1 fully saturated rings. The first-order chi connectivity index (χ1) is 8.67. The van der Waals surface area contributed by atoms with Crippen LogP contribution in [-0.4, -0.2) is 14.5 Å². The summed E-state index contributed by atoms with van der Waals surface area (Å²) in [5, 5.41) is 0. The normalized spacial score (nSPS) is 15.8. The van der Waals surface area contributed by atoms with Crippen LogP contribution in [0.5, 0.6) is 0 Å². The van der Waals surface area contributed by atoms with Gasteiger partial charge in [-0.25, -0.2) is 13.1 Å². The second kappa shape index (κ2) is 4.26. The Morgan fingerprint density at radius 2 is 1.89 bits per heavy atom. The summed E-state index contributed by atoms with van der Waals surface area (Å²) in [6, 6.07) is 10.5. The average molecular weight is 263 g/mol. The number of rotatable bonds is 4. The Morgan fingerprint density at radius 1 is 1.11 bits per heavy atom. The molecule has 18 heavy (non-hydrogen) atoms. The molecule has 0 amide bonds. The van der Waals surface area contributed by atoms with E-state index >= 15 is 0 Å². The summed E-state index contributed by atoms with van der Waals surface area (Å²) < 4.78 is 32.5. The highest BCUT2D eigenvalue weighted by Gasteiger charge is 2.29. The minimum absolute atomic E-state index is 0.0969. The fraction of sp³-hybridized carbons (Fsp3) is 0.231. The first-order valence-electron chi connectivity index (χ1n) is 5.82. The molecule has 0 radical (unpaired) electrons. The van der Waals surface area contributed by atoms with Crippen LogP contribution in [0.15, 0.2) is 52.0 Å². The number of benzene rings is 1. The minimum Gasteiger partial charge on any atom is -0.464 e. The monoisotopic (exact) mass is 263 g/mol. The third kappa shape index (κ3) is 2.19. The summed E-state index contributed by atoms with van der Waals surface area (Å²) in [6.45, 7) is 0. The first-order valence-corrected chi connectivity index (χ1v) is 7.30. The Balaban J connectivity index is 2.06. The van der Waals surface area contributed by atoms with Gasteiger partial charge in [-0.05, 0) is 37.1 Å². The molecule has 0 saturated heterocycles. The number of sulfonamides is 1. The highest BCUT2D eigenvalue weighted by Crippen LogP contribution is 2.29. The molecule has 1 aliphatic rings. The van der Waals surface area contributed by atoms with Gasteiger partial charge < -0.3 is 4.42 Å². The van der Waals surface area contributed by atoms with Gasteiger partial charge in [-0.15, -0.1) is 0 Å². The molecule has 0 bridgehead atoms. The maximum atomic E-state index is 12.2. The van der Waals surface area contributed by atoms with Crippen molar-refractivity contribution in [3.05, 3.63) is 42.7 Å². The lowest BCUT2D eigenvalue weighted by Gasteiger charge is -2.09. The lowest BCUT2D eigenvalue weighted by atomic mass is 10.2.